The summed E-state index contributed by atoms with van der Waals surface area (Å²) >= 11 is 0. The molecule has 1 aromatic rings. The lowest BCUT2D eigenvalue weighted by Crippen LogP contribution is -2.46. The fourth-order valence-electron chi connectivity index (χ4n) is 3.13. The second-order valence-electron chi connectivity index (χ2n) is 6.16. The number of urea groups is 1. The van der Waals surface area contributed by atoms with Crippen molar-refractivity contribution in [3.05, 3.63) is 34.4 Å². The summed E-state index contributed by atoms with van der Waals surface area (Å²) in [6.45, 7) is 7.55. The van der Waals surface area contributed by atoms with Crippen molar-refractivity contribution in [2.24, 2.45) is 5.92 Å². The van der Waals surface area contributed by atoms with Crippen molar-refractivity contribution in [3.8, 4) is 0 Å². The van der Waals surface area contributed by atoms with E-state index < -0.39 is 11.9 Å². The predicted octanol–water partition coefficient (Wildman–Crippen LogP) is 2.62. The molecule has 1 aromatic carbocycles. The minimum Gasteiger partial charge on any atom is -0.481 e. The second kappa shape index (κ2) is 6.81. The highest BCUT2D eigenvalue weighted by Crippen LogP contribution is 2.18. The van der Waals surface area contributed by atoms with E-state index in [4.69, 9.17) is 5.11 Å². The molecule has 120 valence electrons. The van der Waals surface area contributed by atoms with Gasteiger partial charge in [0, 0.05) is 19.6 Å². The molecular formula is C17H24N2O3. The monoisotopic (exact) mass is 304 g/mol. The molecule has 0 saturated carbocycles. The van der Waals surface area contributed by atoms with Crippen molar-refractivity contribution in [3.63, 3.8) is 0 Å². The molecule has 1 saturated heterocycles. The Morgan fingerprint density at radius 3 is 2.50 bits per heavy atom. The van der Waals surface area contributed by atoms with E-state index in [0.29, 0.717) is 26.1 Å². The molecule has 1 atom stereocenters. The average Bonchev–Trinajstić information content (AvgIpc) is 2.46. The maximum absolute atomic E-state index is 12.3. The van der Waals surface area contributed by atoms with Crippen LogP contribution in [0.5, 0.6) is 0 Å². The first kappa shape index (κ1) is 16.3. The second-order valence-corrected chi connectivity index (χ2v) is 6.16. The van der Waals surface area contributed by atoms with E-state index in [1.165, 1.54) is 16.7 Å². The molecule has 0 aromatic heterocycles. The third-order valence-electron chi connectivity index (χ3n) is 4.31. The maximum Gasteiger partial charge on any atom is 0.317 e. The van der Waals surface area contributed by atoms with E-state index in [1.54, 1.807) is 4.90 Å². The standard InChI is InChI=1S/C17H24N2O3/c1-11-7-12(2)15(13(3)8-11)9-18-17(22)19-6-4-5-14(10-19)16(20)21/h7-8,14H,4-6,9-10H2,1-3H3,(H,18,22)(H,20,21). The van der Waals surface area contributed by atoms with E-state index in [0.717, 1.165) is 12.0 Å². The Kier molecular flexibility index (Phi) is 5.06. The average molecular weight is 304 g/mol. The van der Waals surface area contributed by atoms with Gasteiger partial charge in [-0.2, -0.15) is 0 Å². The normalized spacial score (nSPS) is 18.1. The van der Waals surface area contributed by atoms with Crippen LogP contribution in [0.4, 0.5) is 4.79 Å². The molecule has 1 heterocycles. The molecular weight excluding hydrogens is 280 g/mol. The Balaban J connectivity index is 1.97. The van der Waals surface area contributed by atoms with Gasteiger partial charge < -0.3 is 15.3 Å². The highest BCUT2D eigenvalue weighted by Gasteiger charge is 2.28. The number of nitrogens with zero attached hydrogens (tertiary/aromatic N) is 1. The third kappa shape index (κ3) is 3.78. The first-order valence-electron chi connectivity index (χ1n) is 7.70. The summed E-state index contributed by atoms with van der Waals surface area (Å²) in [7, 11) is 0. The quantitative estimate of drug-likeness (QED) is 0.902. The number of carboxylic acid groups (broad SMARTS) is 1. The van der Waals surface area contributed by atoms with Crippen LogP contribution >= 0.6 is 0 Å². The molecule has 0 aliphatic carbocycles. The number of aryl methyl sites for hydroxylation is 3. The summed E-state index contributed by atoms with van der Waals surface area (Å²) in [4.78, 5) is 24.9. The molecule has 2 rings (SSSR count). The number of carbonyl (C=O) groups is 2. The summed E-state index contributed by atoms with van der Waals surface area (Å²) in [5.41, 5.74) is 4.68. The highest BCUT2D eigenvalue weighted by molar-refractivity contribution is 5.76. The molecule has 0 spiro atoms. The van der Waals surface area contributed by atoms with Crippen molar-refractivity contribution in [2.45, 2.75) is 40.2 Å². The SMILES string of the molecule is Cc1cc(C)c(CNC(=O)N2CCCC(C(=O)O)C2)c(C)c1. The number of hydrogen-bond donors (Lipinski definition) is 2. The number of benzene rings is 1. The van der Waals surface area contributed by atoms with Crippen LogP contribution in [0.25, 0.3) is 0 Å². The lowest BCUT2D eigenvalue weighted by molar-refractivity contribution is -0.143. The van der Waals surface area contributed by atoms with E-state index in [2.05, 4.69) is 24.4 Å². The minimum absolute atomic E-state index is 0.176. The van der Waals surface area contributed by atoms with Crippen LogP contribution in [-0.4, -0.2) is 35.1 Å². The zero-order valence-corrected chi connectivity index (χ0v) is 13.5. The molecule has 2 amide bonds. The molecule has 0 bridgehead atoms. The van der Waals surface area contributed by atoms with Gasteiger partial charge in [-0.3, -0.25) is 4.79 Å². The summed E-state index contributed by atoms with van der Waals surface area (Å²) < 4.78 is 0. The molecule has 5 nitrogen and oxygen atoms in total. The number of nitrogens with one attached hydrogen (secondary N) is 1. The number of aliphatic carboxylic acids is 1. The Morgan fingerprint density at radius 1 is 1.27 bits per heavy atom. The summed E-state index contributed by atoms with van der Waals surface area (Å²) in [5.74, 6) is -1.26. The minimum atomic E-state index is -0.817. The predicted molar refractivity (Wildman–Crippen MR) is 84.8 cm³/mol. The van der Waals surface area contributed by atoms with Crippen LogP contribution in [-0.2, 0) is 11.3 Å². The third-order valence-corrected chi connectivity index (χ3v) is 4.31. The van der Waals surface area contributed by atoms with Crippen molar-refractivity contribution < 1.29 is 14.7 Å². The van der Waals surface area contributed by atoms with Crippen LogP contribution in [0.3, 0.4) is 0 Å². The van der Waals surface area contributed by atoms with Gasteiger partial charge in [0.25, 0.3) is 0 Å². The van der Waals surface area contributed by atoms with E-state index in [-0.39, 0.29) is 6.03 Å². The van der Waals surface area contributed by atoms with Gasteiger partial charge in [-0.15, -0.1) is 0 Å². The lowest BCUT2D eigenvalue weighted by atomic mass is 9.98. The Labute approximate surface area is 131 Å². The molecule has 0 radical (unpaired) electrons. The Morgan fingerprint density at radius 2 is 1.91 bits per heavy atom. The van der Waals surface area contributed by atoms with Gasteiger partial charge >= 0.3 is 12.0 Å². The van der Waals surface area contributed by atoms with Crippen molar-refractivity contribution in [2.75, 3.05) is 13.1 Å². The van der Waals surface area contributed by atoms with Crippen molar-refractivity contribution >= 4 is 12.0 Å². The van der Waals surface area contributed by atoms with Gasteiger partial charge in [0.15, 0.2) is 0 Å². The Bertz CT molecular complexity index is 560. The van der Waals surface area contributed by atoms with E-state index in [1.807, 2.05) is 13.8 Å². The molecule has 5 heteroatoms. The molecule has 1 aliphatic rings. The summed E-state index contributed by atoms with van der Waals surface area (Å²) in [5, 5.41) is 12.0. The van der Waals surface area contributed by atoms with Crippen molar-refractivity contribution in [1.29, 1.82) is 0 Å². The first-order chi connectivity index (χ1) is 10.4. The number of rotatable bonds is 3. The van der Waals surface area contributed by atoms with E-state index >= 15 is 0 Å². The number of hydrogen-bond acceptors (Lipinski definition) is 2. The van der Waals surface area contributed by atoms with Crippen LogP contribution < -0.4 is 5.32 Å². The summed E-state index contributed by atoms with van der Waals surface area (Å²) in [6.07, 6.45) is 1.39. The number of carbonyl (C=O) groups excluding carboxylic acids is 1. The number of piperidine rings is 1. The van der Waals surface area contributed by atoms with Gasteiger partial charge in [0.05, 0.1) is 5.92 Å². The zero-order chi connectivity index (χ0) is 16.3. The number of amides is 2. The number of carboxylic acids is 1. The largest absolute Gasteiger partial charge is 0.481 e. The molecule has 1 fully saturated rings. The van der Waals surface area contributed by atoms with Crippen LogP contribution in [0.15, 0.2) is 12.1 Å². The number of likely N-dealkylation sites (tertiary alicyclic amines) is 1. The van der Waals surface area contributed by atoms with Gasteiger partial charge in [0.1, 0.15) is 0 Å². The van der Waals surface area contributed by atoms with Gasteiger partial charge in [-0.05, 0) is 50.3 Å². The van der Waals surface area contributed by atoms with E-state index in [9.17, 15) is 9.59 Å². The van der Waals surface area contributed by atoms with Gasteiger partial charge in [-0.1, -0.05) is 17.7 Å². The molecule has 1 aliphatic heterocycles. The summed E-state index contributed by atoms with van der Waals surface area (Å²) in [6, 6.07) is 4.04. The first-order valence-corrected chi connectivity index (χ1v) is 7.70. The van der Waals surface area contributed by atoms with Crippen LogP contribution in [0, 0.1) is 26.7 Å². The molecule has 22 heavy (non-hydrogen) atoms. The maximum atomic E-state index is 12.3. The smallest absolute Gasteiger partial charge is 0.317 e. The van der Waals surface area contributed by atoms with Crippen molar-refractivity contribution in [1.82, 2.24) is 10.2 Å². The molecule has 1 unspecified atom stereocenters. The fourth-order valence-corrected chi connectivity index (χ4v) is 3.13. The zero-order valence-electron chi connectivity index (χ0n) is 13.5. The fraction of sp³-hybridized carbons (Fsp3) is 0.529. The van der Waals surface area contributed by atoms with Gasteiger partial charge in [-0.25, -0.2) is 4.79 Å². The van der Waals surface area contributed by atoms with Crippen LogP contribution in [0.1, 0.15) is 35.1 Å². The molecule has 2 N–H and O–H groups in total. The Hall–Kier alpha value is -2.04. The van der Waals surface area contributed by atoms with Crippen LogP contribution in [0.2, 0.25) is 0 Å². The van der Waals surface area contributed by atoms with Gasteiger partial charge in [0.2, 0.25) is 0 Å². The highest BCUT2D eigenvalue weighted by atomic mass is 16.4. The lowest BCUT2D eigenvalue weighted by Gasteiger charge is -2.30. The topological polar surface area (TPSA) is 69.6 Å².